The first-order chi connectivity index (χ1) is 10.5. The topological polar surface area (TPSA) is 66.4 Å². The fourth-order valence-corrected chi connectivity index (χ4v) is 3.47. The van der Waals surface area contributed by atoms with Crippen molar-refractivity contribution in [2.24, 2.45) is 0 Å². The molecule has 22 heavy (non-hydrogen) atoms. The largest absolute Gasteiger partial charge is 0.478 e. The number of aryl methyl sites for hydroxylation is 1. The van der Waals surface area contributed by atoms with E-state index in [1.165, 1.54) is 4.88 Å². The highest BCUT2D eigenvalue weighted by Crippen LogP contribution is 2.20. The predicted octanol–water partition coefficient (Wildman–Crippen LogP) is 3.50. The first-order valence-corrected chi connectivity index (χ1v) is 8.53. The Hall–Kier alpha value is -1.66. The van der Waals surface area contributed by atoms with Crippen molar-refractivity contribution < 1.29 is 14.7 Å². The van der Waals surface area contributed by atoms with Crippen LogP contribution in [0.1, 0.15) is 27.2 Å². The highest BCUT2D eigenvalue weighted by atomic mass is 79.9. The van der Waals surface area contributed by atoms with E-state index in [1.807, 2.05) is 17.5 Å². The van der Waals surface area contributed by atoms with Crippen LogP contribution in [0.25, 0.3) is 0 Å². The van der Waals surface area contributed by atoms with Gasteiger partial charge in [-0.3, -0.25) is 4.79 Å². The highest BCUT2D eigenvalue weighted by Gasteiger charge is 2.05. The van der Waals surface area contributed by atoms with Crippen LogP contribution in [0.15, 0.2) is 40.2 Å². The molecule has 0 saturated carbocycles. The Morgan fingerprint density at radius 1 is 1.23 bits per heavy atom. The molecular formula is C16H16BrNO3S. The van der Waals surface area contributed by atoms with E-state index in [4.69, 9.17) is 5.11 Å². The second-order valence-electron chi connectivity index (χ2n) is 4.84. The van der Waals surface area contributed by atoms with E-state index in [1.54, 1.807) is 29.5 Å². The first-order valence-electron chi connectivity index (χ1n) is 6.86. The minimum atomic E-state index is -0.937. The maximum absolute atomic E-state index is 11.8. The molecule has 0 aliphatic carbocycles. The van der Waals surface area contributed by atoms with Gasteiger partial charge >= 0.3 is 5.97 Å². The van der Waals surface area contributed by atoms with Gasteiger partial charge in [0.1, 0.15) is 0 Å². The summed E-state index contributed by atoms with van der Waals surface area (Å²) in [5.74, 6) is -0.924. The van der Waals surface area contributed by atoms with Crippen LogP contribution >= 0.6 is 27.3 Å². The number of nitrogens with one attached hydrogen (secondary N) is 1. The van der Waals surface area contributed by atoms with E-state index >= 15 is 0 Å². The van der Waals surface area contributed by atoms with E-state index in [0.29, 0.717) is 19.4 Å². The van der Waals surface area contributed by atoms with Crippen LogP contribution < -0.4 is 5.32 Å². The number of carboxylic acid groups (broad SMARTS) is 1. The highest BCUT2D eigenvalue weighted by molar-refractivity contribution is 9.10. The number of hydrogen-bond donors (Lipinski definition) is 2. The molecule has 1 heterocycles. The lowest BCUT2D eigenvalue weighted by atomic mass is 10.1. The quantitative estimate of drug-likeness (QED) is 0.770. The van der Waals surface area contributed by atoms with Crippen molar-refractivity contribution in [3.8, 4) is 0 Å². The molecule has 2 rings (SSSR count). The summed E-state index contributed by atoms with van der Waals surface area (Å²) in [5, 5.41) is 13.8. The summed E-state index contributed by atoms with van der Waals surface area (Å²) < 4.78 is 1.05. The van der Waals surface area contributed by atoms with Crippen LogP contribution in [0.2, 0.25) is 0 Å². The number of carboxylic acids is 1. The van der Waals surface area contributed by atoms with Crippen LogP contribution in [0.4, 0.5) is 0 Å². The monoisotopic (exact) mass is 381 g/mol. The zero-order chi connectivity index (χ0) is 15.9. The first kappa shape index (κ1) is 16.7. The summed E-state index contributed by atoms with van der Waals surface area (Å²) in [6, 6.07) is 8.80. The third-order valence-electron chi connectivity index (χ3n) is 3.13. The Morgan fingerprint density at radius 2 is 2.05 bits per heavy atom. The van der Waals surface area contributed by atoms with Gasteiger partial charge in [0.05, 0.1) is 5.56 Å². The summed E-state index contributed by atoms with van der Waals surface area (Å²) in [4.78, 5) is 23.8. The van der Waals surface area contributed by atoms with Crippen molar-refractivity contribution in [2.75, 3.05) is 6.54 Å². The summed E-state index contributed by atoms with van der Waals surface area (Å²) in [6.45, 7) is 0.510. The molecule has 0 radical (unpaired) electrons. The number of rotatable bonds is 7. The van der Waals surface area contributed by atoms with Gasteiger partial charge in [-0.2, -0.15) is 0 Å². The Balaban J connectivity index is 1.72. The molecule has 2 aromatic rings. The SMILES string of the molecule is O=C(CCc1cc(Br)cs1)NCCc1cccc(C(=O)O)c1. The van der Waals surface area contributed by atoms with Crippen molar-refractivity contribution >= 4 is 39.1 Å². The molecule has 0 aliphatic rings. The van der Waals surface area contributed by atoms with Crippen LogP contribution in [-0.2, 0) is 17.6 Å². The zero-order valence-electron chi connectivity index (χ0n) is 11.8. The molecule has 0 fully saturated rings. The average Bonchev–Trinajstić information content (AvgIpc) is 2.91. The molecule has 0 bridgehead atoms. The Kier molecular flexibility index (Phi) is 6.15. The van der Waals surface area contributed by atoms with Gasteiger partial charge in [-0.15, -0.1) is 11.3 Å². The van der Waals surface area contributed by atoms with Gasteiger partial charge in [0, 0.05) is 27.7 Å². The summed E-state index contributed by atoms with van der Waals surface area (Å²) in [7, 11) is 0. The molecule has 4 nitrogen and oxygen atoms in total. The van der Waals surface area contributed by atoms with Gasteiger partial charge in [0.25, 0.3) is 0 Å². The van der Waals surface area contributed by atoms with Crippen LogP contribution in [0, 0.1) is 0 Å². The fourth-order valence-electron chi connectivity index (χ4n) is 2.02. The molecule has 0 unspecified atom stereocenters. The van der Waals surface area contributed by atoms with E-state index in [-0.39, 0.29) is 11.5 Å². The number of aromatic carboxylic acids is 1. The van der Waals surface area contributed by atoms with E-state index in [2.05, 4.69) is 21.2 Å². The number of carbonyl (C=O) groups is 2. The van der Waals surface area contributed by atoms with E-state index in [9.17, 15) is 9.59 Å². The number of amides is 1. The lowest BCUT2D eigenvalue weighted by Crippen LogP contribution is -2.25. The van der Waals surface area contributed by atoms with Crippen molar-refractivity contribution in [2.45, 2.75) is 19.3 Å². The Labute approximate surface area is 141 Å². The van der Waals surface area contributed by atoms with Crippen LogP contribution in [-0.4, -0.2) is 23.5 Å². The van der Waals surface area contributed by atoms with E-state index < -0.39 is 5.97 Å². The minimum absolute atomic E-state index is 0.0129. The summed E-state index contributed by atoms with van der Waals surface area (Å²) in [6.07, 6.45) is 1.82. The third-order valence-corrected chi connectivity index (χ3v) is 4.89. The number of hydrogen-bond acceptors (Lipinski definition) is 3. The predicted molar refractivity (Wildman–Crippen MR) is 90.5 cm³/mol. The molecule has 0 atom stereocenters. The van der Waals surface area contributed by atoms with Crippen molar-refractivity contribution in [1.82, 2.24) is 5.32 Å². The molecule has 0 aliphatic heterocycles. The van der Waals surface area contributed by atoms with Gasteiger partial charge in [-0.25, -0.2) is 4.79 Å². The van der Waals surface area contributed by atoms with Crippen molar-refractivity contribution in [3.63, 3.8) is 0 Å². The molecule has 6 heteroatoms. The maximum atomic E-state index is 11.8. The molecule has 0 saturated heterocycles. The molecule has 1 amide bonds. The zero-order valence-corrected chi connectivity index (χ0v) is 14.2. The van der Waals surface area contributed by atoms with E-state index in [0.717, 1.165) is 16.5 Å². The van der Waals surface area contributed by atoms with Crippen molar-refractivity contribution in [3.05, 3.63) is 56.2 Å². The summed E-state index contributed by atoms with van der Waals surface area (Å²) >= 11 is 5.03. The summed E-state index contributed by atoms with van der Waals surface area (Å²) in [5.41, 5.74) is 1.18. The minimum Gasteiger partial charge on any atom is -0.478 e. The normalized spacial score (nSPS) is 10.4. The molecule has 116 valence electrons. The lowest BCUT2D eigenvalue weighted by molar-refractivity contribution is -0.121. The molecule has 1 aromatic carbocycles. The third kappa shape index (κ3) is 5.27. The van der Waals surface area contributed by atoms with Crippen molar-refractivity contribution in [1.29, 1.82) is 0 Å². The smallest absolute Gasteiger partial charge is 0.335 e. The Morgan fingerprint density at radius 3 is 2.73 bits per heavy atom. The standard InChI is InChI=1S/C16H16BrNO3S/c17-13-9-14(22-10-13)4-5-15(19)18-7-6-11-2-1-3-12(8-11)16(20)21/h1-3,8-10H,4-7H2,(H,18,19)(H,20,21). The lowest BCUT2D eigenvalue weighted by Gasteiger charge is -2.05. The maximum Gasteiger partial charge on any atom is 0.335 e. The number of thiophene rings is 1. The number of benzene rings is 1. The van der Waals surface area contributed by atoms with Gasteiger partial charge in [0.2, 0.25) is 5.91 Å². The number of carbonyl (C=O) groups excluding carboxylic acids is 1. The van der Waals surface area contributed by atoms with Gasteiger partial charge in [-0.1, -0.05) is 12.1 Å². The fraction of sp³-hybridized carbons (Fsp3) is 0.250. The van der Waals surface area contributed by atoms with Crippen LogP contribution in [0.5, 0.6) is 0 Å². The number of halogens is 1. The van der Waals surface area contributed by atoms with Gasteiger partial charge in [0.15, 0.2) is 0 Å². The average molecular weight is 382 g/mol. The second-order valence-corrected chi connectivity index (χ2v) is 6.75. The molecule has 2 N–H and O–H groups in total. The second kappa shape index (κ2) is 8.10. The van der Waals surface area contributed by atoms with Crippen LogP contribution in [0.3, 0.4) is 0 Å². The van der Waals surface area contributed by atoms with Gasteiger partial charge < -0.3 is 10.4 Å². The molecular weight excluding hydrogens is 366 g/mol. The Bertz CT molecular complexity index is 669. The van der Waals surface area contributed by atoms with Gasteiger partial charge in [-0.05, 0) is 52.5 Å². The molecule has 1 aromatic heterocycles. The molecule has 0 spiro atoms.